The van der Waals surface area contributed by atoms with Crippen molar-refractivity contribution in [1.82, 2.24) is 14.8 Å². The molecule has 26 heavy (non-hydrogen) atoms. The third kappa shape index (κ3) is 6.31. The van der Waals surface area contributed by atoms with Gasteiger partial charge >= 0.3 is 0 Å². The van der Waals surface area contributed by atoms with Crippen LogP contribution >= 0.6 is 39.9 Å². The Morgan fingerprint density at radius 3 is 2.69 bits per heavy atom. The molecule has 2 aromatic rings. The highest BCUT2D eigenvalue weighted by molar-refractivity contribution is 14.0. The molecular formula is C18H25BrIN5O. The maximum atomic E-state index is 11.3. The predicted molar refractivity (Wildman–Crippen MR) is 120 cm³/mol. The fourth-order valence-corrected chi connectivity index (χ4v) is 3.07. The van der Waals surface area contributed by atoms with Gasteiger partial charge in [0.15, 0.2) is 5.96 Å². The Labute approximate surface area is 180 Å². The van der Waals surface area contributed by atoms with Crippen molar-refractivity contribution < 1.29 is 4.79 Å². The van der Waals surface area contributed by atoms with Crippen molar-refractivity contribution in [3.8, 4) is 0 Å². The van der Waals surface area contributed by atoms with Crippen LogP contribution in [0.15, 0.2) is 46.0 Å². The molecular weight excluding hydrogens is 509 g/mol. The van der Waals surface area contributed by atoms with E-state index in [2.05, 4.69) is 41.8 Å². The van der Waals surface area contributed by atoms with Crippen LogP contribution in [-0.4, -0.2) is 34.9 Å². The highest BCUT2D eigenvalue weighted by Crippen LogP contribution is 2.15. The summed E-state index contributed by atoms with van der Waals surface area (Å²) in [6.07, 6.45) is 2.03. The van der Waals surface area contributed by atoms with Crippen LogP contribution < -0.4 is 11.1 Å². The fourth-order valence-electron chi connectivity index (χ4n) is 2.50. The molecule has 142 valence electrons. The minimum absolute atomic E-state index is 0. The number of hydrogen-bond acceptors (Lipinski definition) is 2. The van der Waals surface area contributed by atoms with E-state index in [4.69, 9.17) is 5.73 Å². The number of rotatable bonds is 6. The second-order valence-corrected chi connectivity index (χ2v) is 6.77. The van der Waals surface area contributed by atoms with E-state index in [0.717, 1.165) is 29.1 Å². The van der Waals surface area contributed by atoms with Crippen LogP contribution in [0.1, 0.15) is 28.5 Å². The number of guanidine groups is 1. The molecule has 0 unspecified atom stereocenters. The number of nitrogens with two attached hydrogens (primary N) is 1. The SMILES string of the molecule is CCNC(=NCc1cccc(C(N)=O)c1)N(C)Cc1cc(Br)cn1C.I. The summed E-state index contributed by atoms with van der Waals surface area (Å²) < 4.78 is 3.14. The monoisotopic (exact) mass is 533 g/mol. The molecule has 3 N–H and O–H groups in total. The number of aromatic nitrogens is 1. The minimum Gasteiger partial charge on any atom is -0.366 e. The topological polar surface area (TPSA) is 75.6 Å². The summed E-state index contributed by atoms with van der Waals surface area (Å²) in [5, 5.41) is 3.30. The van der Waals surface area contributed by atoms with Gasteiger partial charge in [-0.3, -0.25) is 4.79 Å². The highest BCUT2D eigenvalue weighted by Gasteiger charge is 2.10. The summed E-state index contributed by atoms with van der Waals surface area (Å²) in [5.74, 6) is 0.383. The number of nitrogens with one attached hydrogen (secondary N) is 1. The standard InChI is InChI=1S/C18H24BrN5O.HI/c1-4-21-18(24(3)12-16-9-15(19)11-23(16)2)22-10-13-6-5-7-14(8-13)17(20)25;/h5-9,11H,4,10,12H2,1-3H3,(H2,20,25)(H,21,22);1H. The number of nitrogens with zero attached hydrogens (tertiary/aromatic N) is 3. The lowest BCUT2D eigenvalue weighted by molar-refractivity contribution is 0.1000. The van der Waals surface area contributed by atoms with E-state index in [1.807, 2.05) is 39.3 Å². The van der Waals surface area contributed by atoms with Crippen molar-refractivity contribution in [3.05, 3.63) is 57.8 Å². The van der Waals surface area contributed by atoms with Gasteiger partial charge in [0, 0.05) is 42.6 Å². The summed E-state index contributed by atoms with van der Waals surface area (Å²) in [4.78, 5) is 18.0. The van der Waals surface area contributed by atoms with Crippen molar-refractivity contribution in [3.63, 3.8) is 0 Å². The average Bonchev–Trinajstić information content (AvgIpc) is 2.88. The molecule has 0 bridgehead atoms. The number of hydrogen-bond donors (Lipinski definition) is 2. The molecule has 0 radical (unpaired) electrons. The van der Waals surface area contributed by atoms with Gasteiger partial charge in [0.05, 0.1) is 13.1 Å². The number of carbonyl (C=O) groups excluding carboxylic acids is 1. The Bertz CT molecular complexity index is 775. The number of carbonyl (C=O) groups is 1. The van der Waals surface area contributed by atoms with E-state index in [1.54, 1.807) is 12.1 Å². The lowest BCUT2D eigenvalue weighted by Crippen LogP contribution is -2.38. The maximum absolute atomic E-state index is 11.3. The van der Waals surface area contributed by atoms with Crippen LogP contribution in [0.5, 0.6) is 0 Å². The van der Waals surface area contributed by atoms with Crippen molar-refractivity contribution in [2.45, 2.75) is 20.0 Å². The first-order chi connectivity index (χ1) is 11.9. The van der Waals surface area contributed by atoms with E-state index in [9.17, 15) is 4.79 Å². The third-order valence-electron chi connectivity index (χ3n) is 3.79. The van der Waals surface area contributed by atoms with Crippen molar-refractivity contribution in [2.75, 3.05) is 13.6 Å². The zero-order chi connectivity index (χ0) is 18.4. The van der Waals surface area contributed by atoms with Gasteiger partial charge in [-0.15, -0.1) is 24.0 Å². The summed E-state index contributed by atoms with van der Waals surface area (Å²) in [6.45, 7) is 4.03. The van der Waals surface area contributed by atoms with Gasteiger partial charge in [0.25, 0.3) is 0 Å². The Kier molecular flexibility index (Phi) is 9.14. The highest BCUT2D eigenvalue weighted by atomic mass is 127. The number of halogens is 2. The molecule has 0 aliphatic carbocycles. The molecule has 1 aromatic carbocycles. The normalized spacial score (nSPS) is 11.0. The molecule has 0 saturated heterocycles. The third-order valence-corrected chi connectivity index (χ3v) is 4.23. The molecule has 0 saturated carbocycles. The second-order valence-electron chi connectivity index (χ2n) is 5.85. The predicted octanol–water partition coefficient (Wildman–Crippen LogP) is 3.10. The fraction of sp³-hybridized carbons (Fsp3) is 0.333. The lowest BCUT2D eigenvalue weighted by Gasteiger charge is -2.22. The van der Waals surface area contributed by atoms with Crippen LogP contribution in [0.4, 0.5) is 0 Å². The Morgan fingerprint density at radius 2 is 2.12 bits per heavy atom. The summed E-state index contributed by atoms with van der Waals surface area (Å²) in [7, 11) is 4.02. The van der Waals surface area contributed by atoms with Gasteiger partial charge in [-0.05, 0) is 46.6 Å². The molecule has 6 nitrogen and oxygen atoms in total. The number of aliphatic imine (C=N–C) groups is 1. The van der Waals surface area contributed by atoms with Gasteiger partial charge in [-0.1, -0.05) is 12.1 Å². The zero-order valence-corrected chi connectivity index (χ0v) is 19.1. The van der Waals surface area contributed by atoms with Gasteiger partial charge in [-0.25, -0.2) is 4.99 Å². The maximum Gasteiger partial charge on any atom is 0.248 e. The molecule has 1 aromatic heterocycles. The van der Waals surface area contributed by atoms with Gasteiger partial charge < -0.3 is 20.5 Å². The summed E-state index contributed by atoms with van der Waals surface area (Å²) in [6, 6.07) is 9.34. The van der Waals surface area contributed by atoms with E-state index < -0.39 is 5.91 Å². The van der Waals surface area contributed by atoms with E-state index in [-0.39, 0.29) is 24.0 Å². The first-order valence-electron chi connectivity index (χ1n) is 8.09. The summed E-state index contributed by atoms with van der Waals surface area (Å²) >= 11 is 3.50. The molecule has 0 atom stereocenters. The van der Waals surface area contributed by atoms with Crippen molar-refractivity contribution in [1.29, 1.82) is 0 Å². The van der Waals surface area contributed by atoms with Crippen LogP contribution in [0, 0.1) is 0 Å². The molecule has 1 heterocycles. The van der Waals surface area contributed by atoms with Gasteiger partial charge in [-0.2, -0.15) is 0 Å². The van der Waals surface area contributed by atoms with Crippen LogP contribution in [0.3, 0.4) is 0 Å². The van der Waals surface area contributed by atoms with Crippen molar-refractivity contribution >= 4 is 51.8 Å². The number of benzene rings is 1. The zero-order valence-electron chi connectivity index (χ0n) is 15.2. The van der Waals surface area contributed by atoms with Gasteiger partial charge in [0.2, 0.25) is 5.91 Å². The quantitative estimate of drug-likeness (QED) is 0.340. The molecule has 0 aliphatic heterocycles. The van der Waals surface area contributed by atoms with Crippen LogP contribution in [0.25, 0.3) is 0 Å². The first kappa shape index (κ1) is 22.5. The molecule has 0 spiro atoms. The number of aryl methyl sites for hydroxylation is 1. The Balaban J connectivity index is 0.00000338. The van der Waals surface area contributed by atoms with Crippen molar-refractivity contribution in [2.24, 2.45) is 17.8 Å². The average molecular weight is 534 g/mol. The molecule has 0 aliphatic rings. The molecule has 0 fully saturated rings. The van der Waals surface area contributed by atoms with Crippen LogP contribution in [0.2, 0.25) is 0 Å². The van der Waals surface area contributed by atoms with Crippen LogP contribution in [-0.2, 0) is 20.1 Å². The Morgan fingerprint density at radius 1 is 1.38 bits per heavy atom. The van der Waals surface area contributed by atoms with E-state index >= 15 is 0 Å². The molecule has 1 amide bonds. The number of primary amides is 1. The largest absolute Gasteiger partial charge is 0.366 e. The first-order valence-corrected chi connectivity index (χ1v) is 8.89. The summed E-state index contributed by atoms with van der Waals surface area (Å²) in [5.41, 5.74) is 7.96. The number of amides is 1. The second kappa shape index (κ2) is 10.6. The minimum atomic E-state index is -0.427. The van der Waals surface area contributed by atoms with Gasteiger partial charge in [0.1, 0.15) is 0 Å². The smallest absolute Gasteiger partial charge is 0.248 e. The van der Waals surface area contributed by atoms with E-state index in [0.29, 0.717) is 12.1 Å². The van der Waals surface area contributed by atoms with E-state index in [1.165, 1.54) is 5.69 Å². The molecule has 2 rings (SSSR count). The molecule has 8 heteroatoms. The Hall–Kier alpha value is -1.55. The lowest BCUT2D eigenvalue weighted by atomic mass is 10.1.